The zero-order chi connectivity index (χ0) is 53.0. The third-order valence-corrected chi connectivity index (χ3v) is 14.7. The van der Waals surface area contributed by atoms with Gasteiger partial charge in [0, 0.05) is 92.9 Å². The molecule has 8 bridgehead atoms. The molecule has 394 valence electrons. The molecule has 12 nitrogen and oxygen atoms in total. The fraction of sp³-hybridized carbons (Fsp3) is 0.375. The van der Waals surface area contributed by atoms with Crippen molar-refractivity contribution in [2.24, 2.45) is 0 Å². The average molecular weight is 1020 g/mol. The summed E-state index contributed by atoms with van der Waals surface area (Å²) in [6.07, 6.45) is 34.1. The Bertz CT molecular complexity index is 3110. The maximum absolute atomic E-state index is 10.9. The summed E-state index contributed by atoms with van der Waals surface area (Å²) >= 11 is 0. The molecule has 0 saturated heterocycles. The van der Waals surface area contributed by atoms with Gasteiger partial charge in [-0.15, -0.1) is 0 Å². The number of nitrogens with one attached hydrogen (secondary N) is 2. The van der Waals surface area contributed by atoms with E-state index < -0.39 is 24.4 Å². The van der Waals surface area contributed by atoms with E-state index in [2.05, 4.69) is 161 Å². The van der Waals surface area contributed by atoms with Crippen LogP contribution in [0.1, 0.15) is 128 Å². The molecule has 0 aliphatic carbocycles. The summed E-state index contributed by atoms with van der Waals surface area (Å²) in [6.45, 7) is 10.6. The molecule has 0 saturated carbocycles. The maximum atomic E-state index is 10.9. The van der Waals surface area contributed by atoms with Crippen molar-refractivity contribution in [1.29, 1.82) is 0 Å². The van der Waals surface area contributed by atoms with Crippen LogP contribution in [0.3, 0.4) is 0 Å². The van der Waals surface area contributed by atoms with Gasteiger partial charge in [0.05, 0.1) is 22.8 Å². The van der Waals surface area contributed by atoms with E-state index >= 15 is 0 Å². The topological polar surface area (TPSA) is 154 Å². The van der Waals surface area contributed by atoms with Crippen molar-refractivity contribution in [1.82, 2.24) is 19.9 Å². The smallest absolute Gasteiger partial charge is 0.174 e. The first kappa shape index (κ1) is 53.9. The largest absolute Gasteiger partial charge is 0.387 e. The van der Waals surface area contributed by atoms with Gasteiger partial charge in [-0.05, 0) is 96.5 Å². The number of hydrogen-bond acceptors (Lipinski definition) is 6. The third kappa shape index (κ3) is 13.2. The van der Waals surface area contributed by atoms with Gasteiger partial charge in [-0.3, -0.25) is 0 Å². The van der Waals surface area contributed by atoms with Gasteiger partial charge < -0.3 is 30.4 Å². The Morgan fingerprint density at radius 3 is 0.855 bits per heavy atom. The second-order valence-electron chi connectivity index (χ2n) is 20.8. The lowest BCUT2D eigenvalue weighted by molar-refractivity contribution is -0.703. The lowest BCUT2D eigenvalue weighted by Crippen LogP contribution is -2.39. The predicted molar refractivity (Wildman–Crippen MR) is 304 cm³/mol. The lowest BCUT2D eigenvalue weighted by atomic mass is 10.0. The van der Waals surface area contributed by atoms with E-state index in [1.165, 1.54) is 0 Å². The molecule has 4 unspecified atom stereocenters. The standard InChI is InChI=1S/C64H77N8O4/c1-5-9-13-49(73)41-69-33-25-45(26-34-69)61-53-17-19-55(65-53)62(46-27-35-70(36-28-46)42-50(74)14-10-6-2)57-21-23-59(67-57)64(48-31-39-72(40-32-48)44-52(76)16-12-8-4)60-24-22-58(68-60)63(56-20-18-54(61)66-56)47-29-37-71(38-30-47)43-51(75)15-11-7-3/h17-40,49-52,73-76H,5-16,41-44H2,1-4H3,(H,65,66,67,68)/q+3/p+1. The molecule has 2 aliphatic rings. The SMILES string of the molecule is CCCCC(O)C[n+]1ccc(-c2c3nc(c(-c4cc[n+](CC(O)CCCC)cc4)c4ccc([nH]4)c(-c4cc[n+](CC(O)CCCC)cc4)c4ccc([nH]4)c(-c4cc[n+](CC(O)CCCC)cc4)c4nc2C=C4)C=C3)cc1. The zero-order valence-corrected chi connectivity index (χ0v) is 45.0. The number of hydrogen-bond donors (Lipinski definition) is 6. The molecule has 76 heavy (non-hydrogen) atoms. The Kier molecular flexibility index (Phi) is 18.2. The molecule has 9 heterocycles. The number of pyridine rings is 4. The molecule has 0 aromatic carbocycles. The number of H-pyrrole nitrogens is 2. The molecular weight excluding hydrogens is 945 g/mol. The van der Waals surface area contributed by atoms with Crippen LogP contribution in [0, 0.1) is 0 Å². The molecule has 9 rings (SSSR count). The first-order valence-corrected chi connectivity index (χ1v) is 28.0. The number of unbranched alkanes of at least 4 members (excludes halogenated alkanes) is 4. The molecule has 0 radical (unpaired) electrons. The van der Waals surface area contributed by atoms with Crippen LogP contribution in [0.15, 0.2) is 122 Å². The summed E-state index contributed by atoms with van der Waals surface area (Å²) in [5, 5.41) is 43.4. The number of aromatic amines is 2. The number of aromatic nitrogens is 8. The third-order valence-electron chi connectivity index (χ3n) is 14.7. The minimum absolute atomic E-state index is 0.424. The van der Waals surface area contributed by atoms with Crippen LogP contribution in [0.25, 0.3) is 90.9 Å². The van der Waals surface area contributed by atoms with Crippen LogP contribution < -0.4 is 18.3 Å². The van der Waals surface area contributed by atoms with Crippen molar-refractivity contribution in [3.05, 3.63) is 145 Å². The van der Waals surface area contributed by atoms with E-state index in [0.717, 1.165) is 166 Å². The van der Waals surface area contributed by atoms with Crippen molar-refractivity contribution >= 4 is 46.4 Å². The molecule has 2 aliphatic heterocycles. The number of aliphatic hydroxyl groups excluding tert-OH is 4. The molecule has 0 fully saturated rings. The number of rotatable bonds is 24. The van der Waals surface area contributed by atoms with E-state index in [4.69, 9.17) is 9.97 Å². The highest BCUT2D eigenvalue weighted by Crippen LogP contribution is 2.38. The monoisotopic (exact) mass is 1020 g/mol. The van der Waals surface area contributed by atoms with Gasteiger partial charge in [-0.25, -0.2) is 28.2 Å². The van der Waals surface area contributed by atoms with Gasteiger partial charge in [-0.1, -0.05) is 79.1 Å². The van der Waals surface area contributed by atoms with Gasteiger partial charge in [0.1, 0.15) is 24.4 Å². The van der Waals surface area contributed by atoms with Crippen LogP contribution in [0.5, 0.6) is 0 Å². The molecule has 0 amide bonds. The summed E-state index contributed by atoms with van der Waals surface area (Å²) in [4.78, 5) is 18.8. The normalized spacial score (nSPS) is 13.8. The second-order valence-corrected chi connectivity index (χ2v) is 20.8. The molecule has 7 aromatic rings. The van der Waals surface area contributed by atoms with Crippen LogP contribution in [-0.2, 0) is 26.2 Å². The van der Waals surface area contributed by atoms with Crippen LogP contribution in [-0.4, -0.2) is 64.8 Å². The second kappa shape index (κ2) is 25.7. The summed E-state index contributed by atoms with van der Waals surface area (Å²) in [6, 6.07) is 25.5. The summed E-state index contributed by atoms with van der Waals surface area (Å²) < 4.78 is 8.20. The molecule has 12 heteroatoms. The number of aliphatic hydroxyl groups is 4. The predicted octanol–water partition coefficient (Wildman–Crippen LogP) is 10.7. The molecule has 4 atom stereocenters. The van der Waals surface area contributed by atoms with Crippen molar-refractivity contribution in [3.8, 4) is 44.5 Å². The Balaban J connectivity index is 1.28. The van der Waals surface area contributed by atoms with Crippen LogP contribution in [0.2, 0.25) is 0 Å². The van der Waals surface area contributed by atoms with E-state index in [1.807, 2.05) is 41.7 Å². The van der Waals surface area contributed by atoms with Gasteiger partial charge >= 0.3 is 0 Å². The van der Waals surface area contributed by atoms with Gasteiger partial charge in [0.25, 0.3) is 0 Å². The average Bonchev–Trinajstić information content (AvgIpc) is 4.32. The lowest BCUT2D eigenvalue weighted by Gasteiger charge is -2.09. The number of fused-ring (bicyclic) bond motifs is 8. The van der Waals surface area contributed by atoms with E-state index in [0.29, 0.717) is 26.2 Å². The Labute approximate surface area is 448 Å². The summed E-state index contributed by atoms with van der Waals surface area (Å²) in [7, 11) is 0. The first-order chi connectivity index (χ1) is 37.1. The molecular formula is C64H78N8O4+4. The van der Waals surface area contributed by atoms with Crippen molar-refractivity contribution in [2.45, 2.75) is 155 Å². The summed E-state index contributed by atoms with van der Waals surface area (Å²) in [5.41, 5.74) is 14.4. The van der Waals surface area contributed by atoms with Crippen molar-refractivity contribution in [3.63, 3.8) is 0 Å². The van der Waals surface area contributed by atoms with Gasteiger partial charge in [0.2, 0.25) is 0 Å². The molecule has 6 N–H and O–H groups in total. The van der Waals surface area contributed by atoms with Gasteiger partial charge in [-0.2, -0.15) is 0 Å². The summed E-state index contributed by atoms with van der Waals surface area (Å²) in [5.74, 6) is 0. The highest BCUT2D eigenvalue weighted by Gasteiger charge is 2.23. The van der Waals surface area contributed by atoms with E-state index in [1.54, 1.807) is 0 Å². The van der Waals surface area contributed by atoms with E-state index in [9.17, 15) is 20.4 Å². The minimum atomic E-state index is -0.430. The van der Waals surface area contributed by atoms with Crippen molar-refractivity contribution in [2.75, 3.05) is 0 Å². The fourth-order valence-corrected chi connectivity index (χ4v) is 10.5. The quantitative estimate of drug-likeness (QED) is 0.0331. The Morgan fingerprint density at radius 1 is 0.342 bits per heavy atom. The van der Waals surface area contributed by atoms with Crippen LogP contribution >= 0.6 is 0 Å². The van der Waals surface area contributed by atoms with Crippen molar-refractivity contribution < 1.29 is 38.7 Å². The number of nitrogens with zero attached hydrogens (tertiary/aromatic N) is 6. The fourth-order valence-electron chi connectivity index (χ4n) is 10.5. The molecule has 7 aromatic heterocycles. The van der Waals surface area contributed by atoms with Crippen LogP contribution in [0.4, 0.5) is 0 Å². The minimum Gasteiger partial charge on any atom is -0.387 e. The highest BCUT2D eigenvalue weighted by molar-refractivity contribution is 6.00. The molecule has 0 spiro atoms. The Hall–Kier alpha value is -6.96. The highest BCUT2D eigenvalue weighted by atomic mass is 16.3. The van der Waals surface area contributed by atoms with E-state index in [-0.39, 0.29) is 0 Å². The Morgan fingerprint density at radius 2 is 0.579 bits per heavy atom. The van der Waals surface area contributed by atoms with Gasteiger partial charge in [0.15, 0.2) is 75.8 Å². The maximum Gasteiger partial charge on any atom is 0.174 e. The first-order valence-electron chi connectivity index (χ1n) is 28.0. The zero-order valence-electron chi connectivity index (χ0n) is 45.0.